The molecule has 0 radical (unpaired) electrons. The van der Waals surface area contributed by atoms with Crippen molar-refractivity contribution in [2.45, 2.75) is 71.8 Å². The maximum Gasteiger partial charge on any atom is 0.0359 e. The van der Waals surface area contributed by atoms with Gasteiger partial charge >= 0.3 is 0 Å². The lowest BCUT2D eigenvalue weighted by Crippen LogP contribution is -2.63. The Morgan fingerprint density at radius 1 is 1.16 bits per heavy atom. The van der Waals surface area contributed by atoms with E-state index < -0.39 is 0 Å². The van der Waals surface area contributed by atoms with Crippen LogP contribution in [0.25, 0.3) is 0 Å². The Bertz CT molecular complexity index is 294. The van der Waals surface area contributed by atoms with Crippen LogP contribution in [0.4, 0.5) is 0 Å². The van der Waals surface area contributed by atoms with E-state index in [2.05, 4.69) is 32.6 Å². The molecule has 2 heteroatoms. The number of nitrogens with two attached hydrogens (primary N) is 1. The molecule has 112 valence electrons. The SMILES string of the molecule is CCC1(C)CCN(C2(CN)CCCC(C)C2C)CC1. The van der Waals surface area contributed by atoms with Gasteiger partial charge in [0.15, 0.2) is 0 Å². The molecule has 0 spiro atoms. The van der Waals surface area contributed by atoms with Gasteiger partial charge in [0.05, 0.1) is 0 Å². The third-order valence-corrected chi connectivity index (χ3v) is 6.78. The molecule has 2 nitrogen and oxygen atoms in total. The van der Waals surface area contributed by atoms with E-state index in [4.69, 9.17) is 5.73 Å². The third kappa shape index (κ3) is 2.71. The summed E-state index contributed by atoms with van der Waals surface area (Å²) in [4.78, 5) is 2.77. The van der Waals surface area contributed by atoms with Crippen LogP contribution in [0.1, 0.15) is 66.2 Å². The fraction of sp³-hybridized carbons (Fsp3) is 1.00. The Hall–Kier alpha value is -0.0800. The summed E-state index contributed by atoms with van der Waals surface area (Å²) in [5, 5.41) is 0. The fourth-order valence-electron chi connectivity index (χ4n) is 4.45. The van der Waals surface area contributed by atoms with Crippen LogP contribution in [0.3, 0.4) is 0 Å². The van der Waals surface area contributed by atoms with Crippen LogP contribution in [-0.2, 0) is 0 Å². The van der Waals surface area contributed by atoms with Gasteiger partial charge in [-0.3, -0.25) is 4.90 Å². The molecule has 1 aliphatic heterocycles. The van der Waals surface area contributed by atoms with Gasteiger partial charge in [0.25, 0.3) is 0 Å². The van der Waals surface area contributed by atoms with Gasteiger partial charge < -0.3 is 5.73 Å². The molecule has 0 bridgehead atoms. The number of nitrogens with zero attached hydrogens (tertiary/aromatic N) is 1. The molecule has 0 aromatic rings. The van der Waals surface area contributed by atoms with Crippen molar-refractivity contribution < 1.29 is 0 Å². The number of hydrogen-bond acceptors (Lipinski definition) is 2. The van der Waals surface area contributed by atoms with Crippen molar-refractivity contribution in [3.05, 3.63) is 0 Å². The van der Waals surface area contributed by atoms with Crippen LogP contribution < -0.4 is 5.73 Å². The molecule has 2 N–H and O–H groups in total. The van der Waals surface area contributed by atoms with E-state index in [-0.39, 0.29) is 0 Å². The second-order valence-electron chi connectivity index (χ2n) is 7.62. The van der Waals surface area contributed by atoms with Crippen LogP contribution in [0.5, 0.6) is 0 Å². The summed E-state index contributed by atoms with van der Waals surface area (Å²) in [7, 11) is 0. The zero-order valence-electron chi connectivity index (χ0n) is 13.5. The summed E-state index contributed by atoms with van der Waals surface area (Å²) < 4.78 is 0. The van der Waals surface area contributed by atoms with Gasteiger partial charge in [-0.2, -0.15) is 0 Å². The topological polar surface area (TPSA) is 29.3 Å². The van der Waals surface area contributed by atoms with Crippen molar-refractivity contribution in [1.29, 1.82) is 0 Å². The normalized spacial score (nSPS) is 40.3. The Labute approximate surface area is 120 Å². The van der Waals surface area contributed by atoms with Gasteiger partial charge in [-0.05, 0) is 49.6 Å². The zero-order valence-corrected chi connectivity index (χ0v) is 13.5. The average molecular weight is 266 g/mol. The van der Waals surface area contributed by atoms with Gasteiger partial charge in [-0.25, -0.2) is 0 Å². The predicted octanol–water partition coefficient (Wildman–Crippen LogP) is 3.65. The lowest BCUT2D eigenvalue weighted by Gasteiger charge is -2.55. The lowest BCUT2D eigenvalue weighted by molar-refractivity contribution is -0.0434. The molecule has 1 saturated carbocycles. The molecule has 0 amide bonds. The van der Waals surface area contributed by atoms with E-state index in [1.165, 1.54) is 51.6 Å². The highest BCUT2D eigenvalue weighted by molar-refractivity contribution is 5.02. The van der Waals surface area contributed by atoms with Crippen LogP contribution >= 0.6 is 0 Å². The Morgan fingerprint density at radius 2 is 1.79 bits per heavy atom. The first-order chi connectivity index (χ1) is 8.97. The number of likely N-dealkylation sites (tertiary alicyclic amines) is 1. The van der Waals surface area contributed by atoms with Crippen molar-refractivity contribution >= 4 is 0 Å². The molecule has 2 rings (SSSR count). The molecular formula is C17H34N2. The summed E-state index contributed by atoms with van der Waals surface area (Å²) in [6, 6.07) is 0. The quantitative estimate of drug-likeness (QED) is 0.845. The minimum atomic E-state index is 0.298. The summed E-state index contributed by atoms with van der Waals surface area (Å²) in [5.74, 6) is 1.58. The second-order valence-corrected chi connectivity index (χ2v) is 7.62. The summed E-state index contributed by atoms with van der Waals surface area (Å²) in [6.45, 7) is 13.1. The first-order valence-electron chi connectivity index (χ1n) is 8.42. The maximum absolute atomic E-state index is 6.28. The van der Waals surface area contributed by atoms with Gasteiger partial charge in [0.2, 0.25) is 0 Å². The Morgan fingerprint density at radius 3 is 2.32 bits per heavy atom. The molecule has 2 aliphatic rings. The average Bonchev–Trinajstić information content (AvgIpc) is 2.43. The van der Waals surface area contributed by atoms with E-state index in [0.29, 0.717) is 11.0 Å². The molecule has 3 unspecified atom stereocenters. The molecular weight excluding hydrogens is 232 g/mol. The monoisotopic (exact) mass is 266 g/mol. The van der Waals surface area contributed by atoms with Crippen molar-refractivity contribution in [2.75, 3.05) is 19.6 Å². The van der Waals surface area contributed by atoms with Gasteiger partial charge in [0.1, 0.15) is 0 Å². The second kappa shape index (κ2) is 5.73. The lowest BCUT2D eigenvalue weighted by atomic mass is 9.66. The molecule has 1 saturated heterocycles. The summed E-state index contributed by atoms with van der Waals surface area (Å²) in [5.41, 5.74) is 7.16. The van der Waals surface area contributed by atoms with Crippen molar-refractivity contribution in [3.8, 4) is 0 Å². The number of hydrogen-bond donors (Lipinski definition) is 1. The van der Waals surface area contributed by atoms with Crippen LogP contribution in [0, 0.1) is 17.3 Å². The van der Waals surface area contributed by atoms with Gasteiger partial charge in [-0.1, -0.05) is 47.0 Å². The molecule has 1 heterocycles. The largest absolute Gasteiger partial charge is 0.329 e. The minimum Gasteiger partial charge on any atom is -0.329 e. The molecule has 3 atom stereocenters. The Kier molecular flexibility index (Phi) is 4.62. The first-order valence-corrected chi connectivity index (χ1v) is 8.42. The van der Waals surface area contributed by atoms with Crippen LogP contribution in [0.2, 0.25) is 0 Å². The van der Waals surface area contributed by atoms with Gasteiger partial charge in [-0.15, -0.1) is 0 Å². The predicted molar refractivity (Wildman–Crippen MR) is 83.2 cm³/mol. The van der Waals surface area contributed by atoms with Crippen molar-refractivity contribution in [3.63, 3.8) is 0 Å². The zero-order chi connectivity index (χ0) is 14.1. The molecule has 1 aliphatic carbocycles. The van der Waals surface area contributed by atoms with Crippen LogP contribution in [-0.4, -0.2) is 30.1 Å². The van der Waals surface area contributed by atoms with Crippen molar-refractivity contribution in [1.82, 2.24) is 4.90 Å². The van der Waals surface area contributed by atoms with E-state index >= 15 is 0 Å². The highest BCUT2D eigenvalue weighted by atomic mass is 15.2. The highest BCUT2D eigenvalue weighted by Crippen LogP contribution is 2.44. The fourth-order valence-corrected chi connectivity index (χ4v) is 4.45. The molecule has 2 fully saturated rings. The third-order valence-electron chi connectivity index (χ3n) is 6.78. The Balaban J connectivity index is 2.10. The molecule has 19 heavy (non-hydrogen) atoms. The van der Waals surface area contributed by atoms with Crippen LogP contribution in [0.15, 0.2) is 0 Å². The number of rotatable bonds is 3. The highest BCUT2D eigenvalue weighted by Gasteiger charge is 2.46. The minimum absolute atomic E-state index is 0.298. The smallest absolute Gasteiger partial charge is 0.0359 e. The maximum atomic E-state index is 6.28. The number of piperidine rings is 1. The molecule has 0 aromatic heterocycles. The van der Waals surface area contributed by atoms with Gasteiger partial charge in [0, 0.05) is 12.1 Å². The van der Waals surface area contributed by atoms with E-state index in [0.717, 1.165) is 18.4 Å². The van der Waals surface area contributed by atoms with E-state index in [1.807, 2.05) is 0 Å². The summed E-state index contributed by atoms with van der Waals surface area (Å²) >= 11 is 0. The van der Waals surface area contributed by atoms with E-state index in [9.17, 15) is 0 Å². The standard InChI is InChI=1S/C17H34N2/c1-5-16(4)9-11-19(12-10-16)17(13-18)8-6-7-14(2)15(17)3/h14-15H,5-13,18H2,1-4H3. The summed E-state index contributed by atoms with van der Waals surface area (Å²) in [6.07, 6.45) is 8.10. The van der Waals surface area contributed by atoms with E-state index in [1.54, 1.807) is 0 Å². The first kappa shape index (κ1) is 15.3. The molecule has 0 aromatic carbocycles. The van der Waals surface area contributed by atoms with Crippen molar-refractivity contribution in [2.24, 2.45) is 23.0 Å².